The van der Waals surface area contributed by atoms with E-state index in [-0.39, 0.29) is 5.91 Å². The molecule has 2 rings (SSSR count). The van der Waals surface area contributed by atoms with Gasteiger partial charge in [0.1, 0.15) is 4.60 Å². The average Bonchev–Trinajstić information content (AvgIpc) is 2.38. The summed E-state index contributed by atoms with van der Waals surface area (Å²) < 4.78 is 0.561. The Balaban J connectivity index is 2.01. The summed E-state index contributed by atoms with van der Waals surface area (Å²) in [5.74, 6) is -0.131. The van der Waals surface area contributed by atoms with E-state index in [2.05, 4.69) is 26.2 Å². The maximum absolute atomic E-state index is 11.9. The van der Waals surface area contributed by atoms with Crippen molar-refractivity contribution in [2.24, 2.45) is 0 Å². The van der Waals surface area contributed by atoms with Crippen LogP contribution in [0, 0.1) is 0 Å². The van der Waals surface area contributed by atoms with E-state index in [1.807, 2.05) is 30.3 Å². The van der Waals surface area contributed by atoms with Crippen molar-refractivity contribution in [1.82, 2.24) is 10.3 Å². The first-order valence-corrected chi connectivity index (χ1v) is 5.99. The smallest absolute Gasteiger partial charge is 0.254 e. The number of hydrogen-bond acceptors (Lipinski definition) is 2. The monoisotopic (exact) mass is 290 g/mol. The van der Waals surface area contributed by atoms with Crippen molar-refractivity contribution in [3.8, 4) is 0 Å². The third-order valence-corrected chi connectivity index (χ3v) is 2.93. The van der Waals surface area contributed by atoms with Crippen molar-refractivity contribution in [3.05, 3.63) is 64.4 Å². The highest BCUT2D eigenvalue weighted by Gasteiger charge is 2.09. The van der Waals surface area contributed by atoms with Crippen LogP contribution in [-0.2, 0) is 6.54 Å². The molecule has 0 atom stereocenters. The van der Waals surface area contributed by atoms with Crippen molar-refractivity contribution in [3.63, 3.8) is 0 Å². The molecule has 1 aromatic carbocycles. The van der Waals surface area contributed by atoms with E-state index in [4.69, 9.17) is 0 Å². The second-order valence-electron chi connectivity index (χ2n) is 3.51. The van der Waals surface area contributed by atoms with Gasteiger partial charge in [0.2, 0.25) is 0 Å². The lowest BCUT2D eigenvalue weighted by molar-refractivity contribution is 0.0949. The molecule has 4 heteroatoms. The molecule has 0 bridgehead atoms. The van der Waals surface area contributed by atoms with Gasteiger partial charge in [-0.05, 0) is 33.6 Å². The van der Waals surface area contributed by atoms with Crippen molar-refractivity contribution < 1.29 is 4.79 Å². The van der Waals surface area contributed by atoms with E-state index in [9.17, 15) is 4.79 Å². The molecule has 0 unspecified atom stereocenters. The van der Waals surface area contributed by atoms with E-state index in [1.54, 1.807) is 18.3 Å². The van der Waals surface area contributed by atoms with Crippen LogP contribution in [0.15, 0.2) is 53.3 Å². The normalized spacial score (nSPS) is 9.94. The van der Waals surface area contributed by atoms with Crippen LogP contribution in [0.1, 0.15) is 15.9 Å². The molecule has 1 N–H and O–H groups in total. The van der Waals surface area contributed by atoms with Gasteiger partial charge in [-0.2, -0.15) is 0 Å². The highest BCUT2D eigenvalue weighted by molar-refractivity contribution is 9.10. The molecule has 86 valence electrons. The van der Waals surface area contributed by atoms with Crippen LogP contribution in [0.3, 0.4) is 0 Å². The number of rotatable bonds is 3. The zero-order valence-electron chi connectivity index (χ0n) is 9.06. The maximum atomic E-state index is 11.9. The van der Waals surface area contributed by atoms with Crippen LogP contribution in [-0.4, -0.2) is 10.9 Å². The Bertz CT molecular complexity index is 514. The number of halogens is 1. The summed E-state index contributed by atoms with van der Waals surface area (Å²) in [5.41, 5.74) is 1.62. The Morgan fingerprint density at radius 3 is 2.65 bits per heavy atom. The standard InChI is InChI=1S/C13H11BrN2O/c14-12-11(7-4-8-15-12)13(17)16-9-10-5-2-1-3-6-10/h1-8H,9H2,(H,16,17). The summed E-state index contributed by atoms with van der Waals surface area (Å²) in [6, 6.07) is 13.3. The molecule has 2 aromatic rings. The fraction of sp³-hybridized carbons (Fsp3) is 0.0769. The maximum Gasteiger partial charge on any atom is 0.254 e. The number of aromatic nitrogens is 1. The summed E-state index contributed by atoms with van der Waals surface area (Å²) in [4.78, 5) is 15.9. The summed E-state index contributed by atoms with van der Waals surface area (Å²) in [6.07, 6.45) is 1.64. The number of nitrogens with zero attached hydrogens (tertiary/aromatic N) is 1. The molecule has 0 saturated carbocycles. The summed E-state index contributed by atoms with van der Waals surface area (Å²) in [6.45, 7) is 0.515. The predicted octanol–water partition coefficient (Wildman–Crippen LogP) is 2.77. The number of benzene rings is 1. The molecular weight excluding hydrogens is 280 g/mol. The van der Waals surface area contributed by atoms with Crippen molar-refractivity contribution in [1.29, 1.82) is 0 Å². The van der Waals surface area contributed by atoms with E-state index in [0.29, 0.717) is 16.7 Å². The molecule has 17 heavy (non-hydrogen) atoms. The van der Waals surface area contributed by atoms with Crippen LogP contribution in [0.25, 0.3) is 0 Å². The second-order valence-corrected chi connectivity index (χ2v) is 4.26. The number of carbonyl (C=O) groups excluding carboxylic acids is 1. The Morgan fingerprint density at radius 2 is 1.94 bits per heavy atom. The number of hydrogen-bond donors (Lipinski definition) is 1. The molecule has 0 spiro atoms. The van der Waals surface area contributed by atoms with Gasteiger partial charge in [0, 0.05) is 12.7 Å². The third-order valence-electron chi connectivity index (χ3n) is 2.30. The first-order chi connectivity index (χ1) is 8.27. The van der Waals surface area contributed by atoms with Gasteiger partial charge >= 0.3 is 0 Å². The van der Waals surface area contributed by atoms with Crippen LogP contribution in [0.4, 0.5) is 0 Å². The summed E-state index contributed by atoms with van der Waals surface area (Å²) in [7, 11) is 0. The molecule has 1 amide bonds. The number of carbonyl (C=O) groups is 1. The Morgan fingerprint density at radius 1 is 1.18 bits per heavy atom. The van der Waals surface area contributed by atoms with Gasteiger partial charge in [-0.25, -0.2) is 4.98 Å². The van der Waals surface area contributed by atoms with E-state index in [1.165, 1.54) is 0 Å². The largest absolute Gasteiger partial charge is 0.348 e. The van der Waals surface area contributed by atoms with Gasteiger partial charge in [-0.3, -0.25) is 4.79 Å². The second kappa shape index (κ2) is 5.59. The molecule has 3 nitrogen and oxygen atoms in total. The van der Waals surface area contributed by atoms with E-state index in [0.717, 1.165) is 5.56 Å². The number of nitrogens with one attached hydrogen (secondary N) is 1. The van der Waals surface area contributed by atoms with Gasteiger partial charge in [0.05, 0.1) is 5.56 Å². The van der Waals surface area contributed by atoms with Crippen molar-refractivity contribution >= 4 is 21.8 Å². The van der Waals surface area contributed by atoms with Gasteiger partial charge < -0.3 is 5.32 Å². The molecule has 0 aliphatic heterocycles. The zero-order valence-corrected chi connectivity index (χ0v) is 10.6. The lowest BCUT2D eigenvalue weighted by Crippen LogP contribution is -2.23. The fourth-order valence-corrected chi connectivity index (χ4v) is 1.86. The zero-order chi connectivity index (χ0) is 12.1. The molecule has 0 aliphatic rings. The molecule has 0 saturated heterocycles. The molecule has 0 aliphatic carbocycles. The van der Waals surface area contributed by atoms with Crippen molar-refractivity contribution in [2.45, 2.75) is 6.54 Å². The molecule has 0 fully saturated rings. The van der Waals surface area contributed by atoms with Crippen LogP contribution in [0.5, 0.6) is 0 Å². The third kappa shape index (κ3) is 3.14. The van der Waals surface area contributed by atoms with Crippen molar-refractivity contribution in [2.75, 3.05) is 0 Å². The first-order valence-electron chi connectivity index (χ1n) is 5.20. The highest BCUT2D eigenvalue weighted by Crippen LogP contribution is 2.12. The molecule has 1 heterocycles. The summed E-state index contributed by atoms with van der Waals surface area (Å²) >= 11 is 3.25. The van der Waals surface area contributed by atoms with Crippen LogP contribution >= 0.6 is 15.9 Å². The average molecular weight is 291 g/mol. The van der Waals surface area contributed by atoms with Gasteiger partial charge in [0.25, 0.3) is 5.91 Å². The van der Waals surface area contributed by atoms with Gasteiger partial charge in [0.15, 0.2) is 0 Å². The SMILES string of the molecule is O=C(NCc1ccccc1)c1cccnc1Br. The Labute approximate surface area is 108 Å². The summed E-state index contributed by atoms with van der Waals surface area (Å²) in [5, 5.41) is 2.85. The quantitative estimate of drug-likeness (QED) is 0.884. The predicted molar refractivity (Wildman–Crippen MR) is 69.5 cm³/mol. The Kier molecular flexibility index (Phi) is 3.88. The van der Waals surface area contributed by atoms with Crippen LogP contribution in [0.2, 0.25) is 0 Å². The van der Waals surface area contributed by atoms with Gasteiger partial charge in [-0.15, -0.1) is 0 Å². The van der Waals surface area contributed by atoms with Gasteiger partial charge in [-0.1, -0.05) is 30.3 Å². The topological polar surface area (TPSA) is 42.0 Å². The first kappa shape index (κ1) is 11.8. The lowest BCUT2D eigenvalue weighted by Gasteiger charge is -2.06. The minimum absolute atomic E-state index is 0.131. The molecule has 1 aromatic heterocycles. The molecular formula is C13H11BrN2O. The number of amides is 1. The van der Waals surface area contributed by atoms with E-state index < -0.39 is 0 Å². The van der Waals surface area contributed by atoms with Crippen LogP contribution < -0.4 is 5.32 Å². The highest BCUT2D eigenvalue weighted by atomic mass is 79.9. The minimum atomic E-state index is -0.131. The molecule has 0 radical (unpaired) electrons. The fourth-order valence-electron chi connectivity index (χ4n) is 1.43. The Hall–Kier alpha value is -1.68. The minimum Gasteiger partial charge on any atom is -0.348 e. The number of pyridine rings is 1. The van der Waals surface area contributed by atoms with E-state index >= 15 is 0 Å². The lowest BCUT2D eigenvalue weighted by atomic mass is 10.2.